The fraction of sp³-hybridized carbons (Fsp3) is 0.182. The van der Waals surface area contributed by atoms with Crippen LogP contribution >= 0.6 is 11.5 Å². The number of carbonyl (C=O) groups excluding carboxylic acids is 1. The van der Waals surface area contributed by atoms with Crippen molar-refractivity contribution in [2.75, 3.05) is 14.2 Å². The molecule has 0 spiro atoms. The Morgan fingerprint density at radius 2 is 1.90 bits per heavy atom. The van der Waals surface area contributed by atoms with E-state index in [0.717, 1.165) is 22.7 Å². The van der Waals surface area contributed by atoms with Gasteiger partial charge in [0.25, 0.3) is 11.5 Å². The van der Waals surface area contributed by atoms with Crippen LogP contribution in [0, 0.1) is 0 Å². The number of nitrogens with one attached hydrogen (secondary N) is 1. The van der Waals surface area contributed by atoms with Crippen LogP contribution < -0.4 is 20.3 Å². The van der Waals surface area contributed by atoms with Gasteiger partial charge in [-0.25, -0.2) is 4.98 Å². The molecule has 31 heavy (non-hydrogen) atoms. The van der Waals surface area contributed by atoms with Crippen molar-refractivity contribution in [3.8, 4) is 11.5 Å². The fourth-order valence-corrected chi connectivity index (χ4v) is 3.92. The van der Waals surface area contributed by atoms with Crippen LogP contribution in [0.3, 0.4) is 0 Å². The van der Waals surface area contributed by atoms with Crippen molar-refractivity contribution in [3.05, 3.63) is 81.2 Å². The molecule has 0 aliphatic heterocycles. The molecule has 0 fully saturated rings. The summed E-state index contributed by atoms with van der Waals surface area (Å²) in [5.74, 6) is 0.941. The highest BCUT2D eigenvalue weighted by molar-refractivity contribution is 7.09. The highest BCUT2D eigenvalue weighted by Crippen LogP contribution is 2.24. The minimum atomic E-state index is -0.356. The number of carbonyl (C=O) groups is 1. The van der Waals surface area contributed by atoms with E-state index in [-0.39, 0.29) is 23.5 Å². The fourth-order valence-electron chi connectivity index (χ4n) is 3.18. The maximum Gasteiger partial charge on any atom is 0.281 e. The predicted molar refractivity (Wildman–Crippen MR) is 118 cm³/mol. The van der Waals surface area contributed by atoms with Gasteiger partial charge >= 0.3 is 0 Å². The summed E-state index contributed by atoms with van der Waals surface area (Å²) in [5.41, 5.74) is 1.95. The smallest absolute Gasteiger partial charge is 0.281 e. The number of ether oxygens (including phenoxy) is 2. The molecule has 1 N–H and O–H groups in total. The maximum absolute atomic E-state index is 12.8. The molecule has 0 aliphatic carbocycles. The number of aromatic nitrogens is 3. The second kappa shape index (κ2) is 8.97. The third kappa shape index (κ3) is 4.26. The molecule has 4 aromatic rings. The standard InChI is InChI=1S/C22H20N4O4S/c1-29-16-8-9-17(30-2)15(10-16)11-23-21(27)20-18-19(25-31-20)22(28)26(13-24-18)12-14-6-4-3-5-7-14/h3-10,13H,11-12H2,1-2H3,(H,23,27). The molecule has 0 bridgehead atoms. The molecule has 0 unspecified atom stereocenters. The lowest BCUT2D eigenvalue weighted by molar-refractivity contribution is 0.0956. The molecular weight excluding hydrogens is 416 g/mol. The second-order valence-electron chi connectivity index (χ2n) is 6.73. The Balaban J connectivity index is 1.55. The first-order valence-electron chi connectivity index (χ1n) is 9.48. The van der Waals surface area contributed by atoms with Crippen LogP contribution in [0.4, 0.5) is 0 Å². The summed E-state index contributed by atoms with van der Waals surface area (Å²) in [7, 11) is 3.14. The van der Waals surface area contributed by atoms with E-state index >= 15 is 0 Å². The average Bonchev–Trinajstić information content (AvgIpc) is 3.25. The lowest BCUT2D eigenvalue weighted by Crippen LogP contribution is -2.24. The summed E-state index contributed by atoms with van der Waals surface area (Å²) in [6.45, 7) is 0.612. The first kappa shape index (κ1) is 20.5. The van der Waals surface area contributed by atoms with E-state index in [0.29, 0.717) is 28.4 Å². The van der Waals surface area contributed by atoms with Crippen LogP contribution in [0.15, 0.2) is 59.7 Å². The molecule has 0 saturated heterocycles. The van der Waals surface area contributed by atoms with Gasteiger partial charge < -0.3 is 14.8 Å². The van der Waals surface area contributed by atoms with Gasteiger partial charge in [-0.2, -0.15) is 4.37 Å². The van der Waals surface area contributed by atoms with Crippen molar-refractivity contribution in [2.24, 2.45) is 0 Å². The third-order valence-electron chi connectivity index (χ3n) is 4.79. The zero-order chi connectivity index (χ0) is 21.8. The highest BCUT2D eigenvalue weighted by atomic mass is 32.1. The highest BCUT2D eigenvalue weighted by Gasteiger charge is 2.19. The average molecular weight is 436 g/mol. The number of benzene rings is 2. The van der Waals surface area contributed by atoms with Crippen molar-refractivity contribution in [1.82, 2.24) is 19.2 Å². The first-order valence-corrected chi connectivity index (χ1v) is 10.3. The molecule has 0 aliphatic rings. The van der Waals surface area contributed by atoms with Gasteiger partial charge in [0.05, 0.1) is 27.1 Å². The van der Waals surface area contributed by atoms with E-state index in [1.165, 1.54) is 10.9 Å². The minimum absolute atomic E-state index is 0.188. The Kier molecular flexibility index (Phi) is 5.94. The van der Waals surface area contributed by atoms with Crippen LogP contribution in [-0.4, -0.2) is 34.1 Å². The van der Waals surface area contributed by atoms with Gasteiger partial charge in [-0.15, -0.1) is 0 Å². The SMILES string of the molecule is COc1ccc(OC)c(CNC(=O)c2snc3c(=O)n(Cc4ccccc4)cnc23)c1. The lowest BCUT2D eigenvalue weighted by atomic mass is 10.2. The molecule has 2 aromatic carbocycles. The second-order valence-corrected chi connectivity index (χ2v) is 7.51. The molecule has 2 aromatic heterocycles. The van der Waals surface area contributed by atoms with Crippen molar-refractivity contribution in [1.29, 1.82) is 0 Å². The van der Waals surface area contributed by atoms with Crippen LogP contribution in [0.2, 0.25) is 0 Å². The molecule has 1 amide bonds. The van der Waals surface area contributed by atoms with Gasteiger partial charge in [0.1, 0.15) is 21.9 Å². The largest absolute Gasteiger partial charge is 0.497 e. The Morgan fingerprint density at radius 3 is 2.65 bits per heavy atom. The number of rotatable bonds is 7. The number of hydrogen-bond donors (Lipinski definition) is 1. The maximum atomic E-state index is 12.8. The Bertz CT molecular complexity index is 1280. The Labute approximate surface area is 182 Å². The van der Waals surface area contributed by atoms with Gasteiger partial charge in [-0.3, -0.25) is 14.2 Å². The van der Waals surface area contributed by atoms with E-state index < -0.39 is 0 Å². The minimum Gasteiger partial charge on any atom is -0.497 e. The normalized spacial score (nSPS) is 10.8. The first-order chi connectivity index (χ1) is 15.1. The molecule has 0 saturated carbocycles. The molecule has 4 rings (SSSR count). The van der Waals surface area contributed by atoms with Crippen molar-refractivity contribution in [2.45, 2.75) is 13.1 Å². The summed E-state index contributed by atoms with van der Waals surface area (Å²) < 4.78 is 16.3. The number of hydrogen-bond acceptors (Lipinski definition) is 7. The topological polar surface area (TPSA) is 95.3 Å². The number of fused-ring (bicyclic) bond motifs is 1. The summed E-state index contributed by atoms with van der Waals surface area (Å²) in [6, 6.07) is 15.0. The van der Waals surface area contributed by atoms with Crippen molar-refractivity contribution >= 4 is 28.5 Å². The molecule has 8 nitrogen and oxygen atoms in total. The molecule has 0 atom stereocenters. The van der Waals surface area contributed by atoms with Crippen LogP contribution in [0.1, 0.15) is 20.8 Å². The summed E-state index contributed by atoms with van der Waals surface area (Å²) in [6.07, 6.45) is 1.45. The zero-order valence-electron chi connectivity index (χ0n) is 17.0. The lowest BCUT2D eigenvalue weighted by Gasteiger charge is -2.11. The number of amides is 1. The number of nitrogens with zero attached hydrogens (tertiary/aromatic N) is 3. The van der Waals surface area contributed by atoms with E-state index in [4.69, 9.17) is 9.47 Å². The molecule has 158 valence electrons. The molecule has 2 heterocycles. The van der Waals surface area contributed by atoms with Crippen molar-refractivity contribution < 1.29 is 14.3 Å². The van der Waals surface area contributed by atoms with E-state index in [9.17, 15) is 9.59 Å². The molecule has 0 radical (unpaired) electrons. The van der Waals surface area contributed by atoms with E-state index in [1.807, 2.05) is 30.3 Å². The zero-order valence-corrected chi connectivity index (χ0v) is 17.8. The summed E-state index contributed by atoms with van der Waals surface area (Å²) in [4.78, 5) is 30.2. The quantitative estimate of drug-likeness (QED) is 0.479. The Morgan fingerprint density at radius 1 is 1.10 bits per heavy atom. The monoisotopic (exact) mass is 436 g/mol. The van der Waals surface area contributed by atoms with E-state index in [1.54, 1.807) is 32.4 Å². The van der Waals surface area contributed by atoms with Gasteiger partial charge in [-0.05, 0) is 35.3 Å². The van der Waals surface area contributed by atoms with Crippen LogP contribution in [0.5, 0.6) is 11.5 Å². The Hall–Kier alpha value is -3.72. The molecular formula is C22H20N4O4S. The van der Waals surface area contributed by atoms with Gasteiger partial charge in [0.2, 0.25) is 0 Å². The number of methoxy groups -OCH3 is 2. The summed E-state index contributed by atoms with van der Waals surface area (Å²) in [5, 5.41) is 2.84. The van der Waals surface area contributed by atoms with Crippen molar-refractivity contribution in [3.63, 3.8) is 0 Å². The van der Waals surface area contributed by atoms with Gasteiger partial charge in [0.15, 0.2) is 5.52 Å². The van der Waals surface area contributed by atoms with E-state index in [2.05, 4.69) is 14.7 Å². The van der Waals surface area contributed by atoms with Crippen LogP contribution in [-0.2, 0) is 13.1 Å². The third-order valence-corrected chi connectivity index (χ3v) is 5.62. The predicted octanol–water partition coefficient (Wildman–Crippen LogP) is 2.85. The molecule has 9 heteroatoms. The van der Waals surface area contributed by atoms with Gasteiger partial charge in [-0.1, -0.05) is 30.3 Å². The van der Waals surface area contributed by atoms with Gasteiger partial charge in [0, 0.05) is 12.1 Å². The van der Waals surface area contributed by atoms with Crippen LogP contribution in [0.25, 0.3) is 11.0 Å². The summed E-state index contributed by atoms with van der Waals surface area (Å²) >= 11 is 0.959.